The molecule has 0 saturated carbocycles. The molecule has 2 rings (SSSR count). The second-order valence-corrected chi connectivity index (χ2v) is 5.54. The van der Waals surface area contributed by atoms with Gasteiger partial charge < -0.3 is 20.1 Å². The van der Waals surface area contributed by atoms with E-state index in [9.17, 15) is 4.79 Å². The van der Waals surface area contributed by atoms with E-state index in [4.69, 9.17) is 21.1 Å². The van der Waals surface area contributed by atoms with Crippen molar-refractivity contribution in [1.29, 1.82) is 0 Å². The average molecular weight is 385 g/mol. The summed E-state index contributed by atoms with van der Waals surface area (Å²) in [5.41, 5.74) is 1.02. The molecule has 1 amide bonds. The molecule has 2 aromatic rings. The van der Waals surface area contributed by atoms with Gasteiger partial charge in [0.25, 0.3) is 0 Å². The van der Waals surface area contributed by atoms with Gasteiger partial charge in [0.2, 0.25) is 5.91 Å². The van der Waals surface area contributed by atoms with Gasteiger partial charge in [-0.3, -0.25) is 4.79 Å². The van der Waals surface area contributed by atoms with E-state index in [0.717, 1.165) is 17.1 Å². The maximum atomic E-state index is 11.4. The molecule has 2 aromatic carbocycles. The van der Waals surface area contributed by atoms with Crippen LogP contribution in [-0.4, -0.2) is 32.7 Å². The van der Waals surface area contributed by atoms with Gasteiger partial charge in [-0.25, -0.2) is 0 Å². The molecule has 136 valence electrons. The average Bonchev–Trinajstić information content (AvgIpc) is 2.60. The molecule has 0 unspecified atom stereocenters. The Morgan fingerprint density at radius 1 is 0.960 bits per heavy atom. The highest BCUT2D eigenvalue weighted by Crippen LogP contribution is 2.16. The molecule has 7 heteroatoms. The third kappa shape index (κ3) is 8.12. The molecule has 5 nitrogen and oxygen atoms in total. The standard InChI is InChI=1S/C18H21ClN2O3.ClH/c1-20-13-18(22)21-12-14-2-6-16(7-3-14)23-10-11-24-17-8-4-15(19)5-9-17;/h2-9,20H,10-13H2,1H3,(H,21,22);1H. The number of hydrogen-bond donors (Lipinski definition) is 2. The Balaban J connectivity index is 0.00000312. The SMILES string of the molecule is CNCC(=O)NCc1ccc(OCCOc2ccc(Cl)cc2)cc1.Cl. The lowest BCUT2D eigenvalue weighted by molar-refractivity contribution is -0.120. The number of benzene rings is 2. The smallest absolute Gasteiger partial charge is 0.234 e. The molecule has 0 spiro atoms. The van der Waals surface area contributed by atoms with Crippen molar-refractivity contribution in [2.45, 2.75) is 6.54 Å². The Kier molecular flexibility index (Phi) is 9.77. The van der Waals surface area contributed by atoms with Crippen molar-refractivity contribution in [3.05, 3.63) is 59.1 Å². The van der Waals surface area contributed by atoms with Crippen LogP contribution < -0.4 is 20.1 Å². The summed E-state index contributed by atoms with van der Waals surface area (Å²) < 4.78 is 11.2. The number of amides is 1. The zero-order chi connectivity index (χ0) is 17.2. The van der Waals surface area contributed by atoms with Gasteiger partial charge in [-0.1, -0.05) is 23.7 Å². The fourth-order valence-corrected chi connectivity index (χ4v) is 2.10. The van der Waals surface area contributed by atoms with E-state index in [2.05, 4.69) is 10.6 Å². The Bertz CT molecular complexity index is 634. The lowest BCUT2D eigenvalue weighted by Gasteiger charge is -2.09. The van der Waals surface area contributed by atoms with E-state index < -0.39 is 0 Å². The third-order valence-electron chi connectivity index (χ3n) is 3.18. The quantitative estimate of drug-likeness (QED) is 0.652. The number of likely N-dealkylation sites (N-methyl/N-ethyl adjacent to an activating group) is 1. The molecule has 0 aliphatic rings. The van der Waals surface area contributed by atoms with Crippen LogP contribution in [0.1, 0.15) is 5.56 Å². The fourth-order valence-electron chi connectivity index (χ4n) is 1.98. The minimum Gasteiger partial charge on any atom is -0.490 e. The van der Waals surface area contributed by atoms with Gasteiger partial charge in [-0.05, 0) is 49.0 Å². The van der Waals surface area contributed by atoms with Crippen LogP contribution in [0.2, 0.25) is 5.02 Å². The Morgan fingerprint density at radius 3 is 2.00 bits per heavy atom. The minimum absolute atomic E-state index is 0. The van der Waals surface area contributed by atoms with Crippen molar-refractivity contribution >= 4 is 29.9 Å². The van der Waals surface area contributed by atoms with Gasteiger partial charge >= 0.3 is 0 Å². The first kappa shape index (κ1) is 21.1. The number of rotatable bonds is 9. The minimum atomic E-state index is -0.0304. The van der Waals surface area contributed by atoms with Crippen LogP contribution in [0.5, 0.6) is 11.5 Å². The summed E-state index contributed by atoms with van der Waals surface area (Å²) in [6.45, 7) is 1.71. The zero-order valence-electron chi connectivity index (χ0n) is 14.0. The predicted molar refractivity (Wildman–Crippen MR) is 102 cm³/mol. The molecule has 0 fully saturated rings. The van der Waals surface area contributed by atoms with Crippen molar-refractivity contribution in [2.24, 2.45) is 0 Å². The summed E-state index contributed by atoms with van der Waals surface area (Å²) in [5.74, 6) is 1.49. The molecule has 0 bridgehead atoms. The largest absolute Gasteiger partial charge is 0.490 e. The number of halogens is 2. The van der Waals surface area contributed by atoms with E-state index >= 15 is 0 Å². The first-order valence-electron chi connectivity index (χ1n) is 7.69. The fraction of sp³-hybridized carbons (Fsp3) is 0.278. The van der Waals surface area contributed by atoms with Crippen molar-refractivity contribution in [1.82, 2.24) is 10.6 Å². The van der Waals surface area contributed by atoms with Crippen LogP contribution in [0.15, 0.2) is 48.5 Å². The summed E-state index contributed by atoms with van der Waals surface area (Å²) in [6, 6.07) is 14.8. The second-order valence-electron chi connectivity index (χ2n) is 5.10. The molecule has 0 heterocycles. The van der Waals surface area contributed by atoms with Gasteiger partial charge in [-0.15, -0.1) is 12.4 Å². The van der Waals surface area contributed by atoms with Crippen molar-refractivity contribution < 1.29 is 14.3 Å². The van der Waals surface area contributed by atoms with E-state index in [1.54, 1.807) is 19.2 Å². The highest BCUT2D eigenvalue weighted by Gasteiger charge is 2.00. The highest BCUT2D eigenvalue weighted by molar-refractivity contribution is 6.30. The molecule has 0 radical (unpaired) electrons. The molecule has 0 aromatic heterocycles. The second kappa shape index (κ2) is 11.6. The number of hydrogen-bond acceptors (Lipinski definition) is 4. The van der Waals surface area contributed by atoms with Gasteiger partial charge in [0.05, 0.1) is 6.54 Å². The van der Waals surface area contributed by atoms with Crippen molar-refractivity contribution in [3.63, 3.8) is 0 Å². The van der Waals surface area contributed by atoms with Gasteiger partial charge in [0.1, 0.15) is 24.7 Å². The molecule has 0 saturated heterocycles. The Morgan fingerprint density at radius 2 is 1.48 bits per heavy atom. The normalized spacial score (nSPS) is 9.84. The van der Waals surface area contributed by atoms with Crippen molar-refractivity contribution in [2.75, 3.05) is 26.8 Å². The van der Waals surface area contributed by atoms with E-state index in [1.807, 2.05) is 36.4 Å². The first-order chi connectivity index (χ1) is 11.7. The zero-order valence-corrected chi connectivity index (χ0v) is 15.5. The van der Waals surface area contributed by atoms with E-state index in [1.165, 1.54) is 0 Å². The van der Waals surface area contributed by atoms with E-state index in [0.29, 0.717) is 31.3 Å². The molecule has 0 aliphatic heterocycles. The van der Waals surface area contributed by atoms with Gasteiger partial charge in [-0.2, -0.15) is 0 Å². The lowest BCUT2D eigenvalue weighted by atomic mass is 10.2. The summed E-state index contributed by atoms with van der Waals surface area (Å²) in [6.07, 6.45) is 0. The summed E-state index contributed by atoms with van der Waals surface area (Å²) in [7, 11) is 1.74. The Hall–Kier alpha value is -1.95. The van der Waals surface area contributed by atoms with E-state index in [-0.39, 0.29) is 18.3 Å². The maximum Gasteiger partial charge on any atom is 0.234 e. The number of ether oxygens (including phenoxy) is 2. The highest BCUT2D eigenvalue weighted by atomic mass is 35.5. The lowest BCUT2D eigenvalue weighted by Crippen LogP contribution is -2.31. The van der Waals surface area contributed by atoms with Crippen LogP contribution >= 0.6 is 24.0 Å². The van der Waals surface area contributed by atoms with Gasteiger partial charge in [0, 0.05) is 11.6 Å². The molecule has 0 aliphatic carbocycles. The van der Waals surface area contributed by atoms with Crippen molar-refractivity contribution in [3.8, 4) is 11.5 Å². The Labute approximate surface area is 159 Å². The topological polar surface area (TPSA) is 59.6 Å². The van der Waals surface area contributed by atoms with Crippen LogP contribution in [0.4, 0.5) is 0 Å². The van der Waals surface area contributed by atoms with Crippen LogP contribution in [0.3, 0.4) is 0 Å². The summed E-state index contributed by atoms with van der Waals surface area (Å²) in [5, 5.41) is 6.31. The molecule has 0 atom stereocenters. The van der Waals surface area contributed by atoms with Gasteiger partial charge in [0.15, 0.2) is 0 Å². The molecular weight excluding hydrogens is 363 g/mol. The number of carbonyl (C=O) groups excluding carboxylic acids is 1. The van der Waals surface area contributed by atoms with Crippen LogP contribution in [-0.2, 0) is 11.3 Å². The van der Waals surface area contributed by atoms with Crippen LogP contribution in [0, 0.1) is 0 Å². The molecular formula is C18H22Cl2N2O3. The maximum absolute atomic E-state index is 11.4. The monoisotopic (exact) mass is 384 g/mol. The number of carbonyl (C=O) groups is 1. The first-order valence-corrected chi connectivity index (χ1v) is 8.06. The summed E-state index contributed by atoms with van der Waals surface area (Å²) >= 11 is 5.81. The van der Waals surface area contributed by atoms with Crippen LogP contribution in [0.25, 0.3) is 0 Å². The molecule has 2 N–H and O–H groups in total. The summed E-state index contributed by atoms with van der Waals surface area (Å²) in [4.78, 5) is 11.4. The molecule has 25 heavy (non-hydrogen) atoms. The predicted octanol–water partition coefficient (Wildman–Crippen LogP) is 3.06. The number of nitrogens with one attached hydrogen (secondary N) is 2. The third-order valence-corrected chi connectivity index (χ3v) is 3.44.